The molecule has 0 radical (unpaired) electrons. The van der Waals surface area contributed by atoms with Crippen LogP contribution in [0.4, 0.5) is 0 Å². The highest BCUT2D eigenvalue weighted by atomic mass is 16.5. The van der Waals surface area contributed by atoms with Crippen LogP contribution in [0.3, 0.4) is 0 Å². The van der Waals surface area contributed by atoms with Crippen molar-refractivity contribution in [3.8, 4) is 11.6 Å². The SMILES string of the molecule is COc1ccc(C=Nn2nnc(C(=O)NCc3ccccc3)c2OCc2ccccc2)cc1. The molecular formula is C25H23N5O3. The molecule has 0 saturated heterocycles. The van der Waals surface area contributed by atoms with Crippen molar-refractivity contribution >= 4 is 12.1 Å². The molecule has 166 valence electrons. The first-order valence-corrected chi connectivity index (χ1v) is 10.4. The lowest BCUT2D eigenvalue weighted by Crippen LogP contribution is -2.24. The fraction of sp³-hybridized carbons (Fsp3) is 0.120. The number of carbonyl (C=O) groups is 1. The molecule has 0 unspecified atom stereocenters. The fourth-order valence-electron chi connectivity index (χ4n) is 3.01. The number of aromatic nitrogens is 3. The summed E-state index contributed by atoms with van der Waals surface area (Å²) < 4.78 is 11.1. The van der Waals surface area contributed by atoms with E-state index in [1.807, 2.05) is 84.9 Å². The number of hydrogen-bond acceptors (Lipinski definition) is 6. The molecule has 4 rings (SSSR count). The van der Waals surface area contributed by atoms with Gasteiger partial charge in [0.2, 0.25) is 5.69 Å². The number of carbonyl (C=O) groups excluding carboxylic acids is 1. The third-order valence-electron chi connectivity index (χ3n) is 4.78. The number of nitrogens with one attached hydrogen (secondary N) is 1. The Bertz CT molecular complexity index is 1210. The van der Waals surface area contributed by atoms with Gasteiger partial charge in [-0.15, -0.1) is 5.10 Å². The zero-order valence-corrected chi connectivity index (χ0v) is 18.1. The lowest BCUT2D eigenvalue weighted by molar-refractivity contribution is 0.0940. The minimum Gasteiger partial charge on any atom is -0.497 e. The van der Waals surface area contributed by atoms with Gasteiger partial charge in [-0.2, -0.15) is 5.10 Å². The average Bonchev–Trinajstić information content (AvgIpc) is 3.29. The quantitative estimate of drug-likeness (QED) is 0.400. The lowest BCUT2D eigenvalue weighted by atomic mass is 10.2. The Kier molecular flexibility index (Phi) is 7.07. The molecule has 0 aliphatic heterocycles. The topological polar surface area (TPSA) is 90.6 Å². The van der Waals surface area contributed by atoms with Gasteiger partial charge in [0.1, 0.15) is 12.4 Å². The van der Waals surface area contributed by atoms with Gasteiger partial charge in [-0.25, -0.2) is 0 Å². The molecule has 0 atom stereocenters. The van der Waals surface area contributed by atoms with Gasteiger partial charge in [0.15, 0.2) is 0 Å². The standard InChI is InChI=1S/C25H23N5O3/c1-32-22-14-12-20(13-15-22)17-27-30-25(33-18-21-10-6-3-7-11-21)23(28-29-30)24(31)26-16-19-8-4-2-5-9-19/h2-15,17H,16,18H2,1H3,(H,26,31). The molecule has 33 heavy (non-hydrogen) atoms. The Hall–Kier alpha value is -4.46. The molecule has 0 fully saturated rings. The normalized spacial score (nSPS) is 10.8. The van der Waals surface area contributed by atoms with E-state index in [1.54, 1.807) is 13.3 Å². The minimum atomic E-state index is -0.396. The van der Waals surface area contributed by atoms with Crippen LogP contribution in [0.1, 0.15) is 27.2 Å². The third kappa shape index (κ3) is 5.82. The van der Waals surface area contributed by atoms with E-state index in [4.69, 9.17) is 9.47 Å². The maximum absolute atomic E-state index is 12.8. The molecule has 8 heteroatoms. The first-order valence-electron chi connectivity index (χ1n) is 10.4. The van der Waals surface area contributed by atoms with Crippen LogP contribution in [-0.2, 0) is 13.2 Å². The second-order valence-electron chi connectivity index (χ2n) is 7.09. The monoisotopic (exact) mass is 441 g/mol. The molecule has 1 N–H and O–H groups in total. The van der Waals surface area contributed by atoms with Crippen LogP contribution in [-0.4, -0.2) is 34.3 Å². The van der Waals surface area contributed by atoms with E-state index in [2.05, 4.69) is 20.7 Å². The van der Waals surface area contributed by atoms with E-state index in [9.17, 15) is 4.79 Å². The second-order valence-corrected chi connectivity index (χ2v) is 7.09. The summed E-state index contributed by atoms with van der Waals surface area (Å²) in [6.45, 7) is 0.602. The van der Waals surface area contributed by atoms with Crippen molar-refractivity contribution in [3.05, 3.63) is 107 Å². The first kappa shape index (κ1) is 21.8. The lowest BCUT2D eigenvalue weighted by Gasteiger charge is -2.08. The molecule has 1 aromatic heterocycles. The van der Waals surface area contributed by atoms with Crippen LogP contribution in [0.15, 0.2) is 90.0 Å². The van der Waals surface area contributed by atoms with Crippen molar-refractivity contribution in [2.24, 2.45) is 5.10 Å². The Morgan fingerprint density at radius 1 is 0.970 bits per heavy atom. The van der Waals surface area contributed by atoms with E-state index in [0.717, 1.165) is 22.4 Å². The van der Waals surface area contributed by atoms with Crippen molar-refractivity contribution in [2.45, 2.75) is 13.2 Å². The van der Waals surface area contributed by atoms with Gasteiger partial charge in [-0.1, -0.05) is 65.5 Å². The molecule has 0 aliphatic carbocycles. The highest BCUT2D eigenvalue weighted by Crippen LogP contribution is 2.18. The maximum Gasteiger partial charge on any atom is 0.277 e. The molecule has 0 spiro atoms. The van der Waals surface area contributed by atoms with Crippen LogP contribution in [0, 0.1) is 0 Å². The number of benzene rings is 3. The Balaban J connectivity index is 1.54. The summed E-state index contributed by atoms with van der Waals surface area (Å²) in [4.78, 5) is 14.0. The summed E-state index contributed by atoms with van der Waals surface area (Å²) in [5.41, 5.74) is 2.81. The van der Waals surface area contributed by atoms with Crippen LogP contribution >= 0.6 is 0 Å². The molecule has 0 bridgehead atoms. The highest BCUT2D eigenvalue weighted by molar-refractivity contribution is 5.94. The van der Waals surface area contributed by atoms with E-state index >= 15 is 0 Å². The summed E-state index contributed by atoms with van der Waals surface area (Å²) in [5, 5.41) is 15.2. The number of rotatable bonds is 9. The molecule has 4 aromatic rings. The number of ether oxygens (including phenoxy) is 2. The summed E-state index contributed by atoms with van der Waals surface area (Å²) >= 11 is 0. The molecule has 3 aromatic carbocycles. The van der Waals surface area contributed by atoms with Crippen molar-refractivity contribution in [1.82, 2.24) is 20.4 Å². The summed E-state index contributed by atoms with van der Waals surface area (Å²) in [6.07, 6.45) is 1.61. The Labute approximate surface area is 191 Å². The third-order valence-corrected chi connectivity index (χ3v) is 4.78. The van der Waals surface area contributed by atoms with E-state index in [-0.39, 0.29) is 18.2 Å². The van der Waals surface area contributed by atoms with Gasteiger partial charge in [0.05, 0.1) is 13.3 Å². The average molecular weight is 441 g/mol. The summed E-state index contributed by atoms with van der Waals surface area (Å²) in [7, 11) is 1.61. The Morgan fingerprint density at radius 3 is 2.30 bits per heavy atom. The number of methoxy groups -OCH3 is 1. The van der Waals surface area contributed by atoms with Gasteiger partial charge in [0, 0.05) is 6.54 Å². The van der Waals surface area contributed by atoms with Crippen LogP contribution < -0.4 is 14.8 Å². The predicted octanol–water partition coefficient (Wildman–Crippen LogP) is 3.68. The molecule has 0 aliphatic rings. The van der Waals surface area contributed by atoms with Gasteiger partial charge in [-0.3, -0.25) is 4.79 Å². The predicted molar refractivity (Wildman–Crippen MR) is 124 cm³/mol. The number of amides is 1. The van der Waals surface area contributed by atoms with E-state index in [1.165, 1.54) is 4.79 Å². The zero-order chi connectivity index (χ0) is 22.9. The smallest absolute Gasteiger partial charge is 0.277 e. The summed E-state index contributed by atoms with van der Waals surface area (Å²) in [6, 6.07) is 26.6. The molecule has 8 nitrogen and oxygen atoms in total. The Morgan fingerprint density at radius 2 is 1.64 bits per heavy atom. The molecule has 1 amide bonds. The number of hydrogen-bond donors (Lipinski definition) is 1. The van der Waals surface area contributed by atoms with Crippen LogP contribution in [0.2, 0.25) is 0 Å². The first-order chi connectivity index (χ1) is 16.2. The van der Waals surface area contributed by atoms with Gasteiger partial charge < -0.3 is 14.8 Å². The number of nitrogens with zero attached hydrogens (tertiary/aromatic N) is 4. The van der Waals surface area contributed by atoms with Crippen molar-refractivity contribution in [1.29, 1.82) is 0 Å². The fourth-order valence-corrected chi connectivity index (χ4v) is 3.01. The zero-order valence-electron chi connectivity index (χ0n) is 18.1. The summed E-state index contributed by atoms with van der Waals surface area (Å²) in [5.74, 6) is 0.513. The molecular weight excluding hydrogens is 418 g/mol. The van der Waals surface area contributed by atoms with E-state index in [0.29, 0.717) is 6.54 Å². The van der Waals surface area contributed by atoms with E-state index < -0.39 is 5.91 Å². The van der Waals surface area contributed by atoms with Crippen molar-refractivity contribution in [2.75, 3.05) is 7.11 Å². The van der Waals surface area contributed by atoms with Crippen LogP contribution in [0.25, 0.3) is 0 Å². The second kappa shape index (κ2) is 10.7. The van der Waals surface area contributed by atoms with Crippen molar-refractivity contribution in [3.63, 3.8) is 0 Å². The molecule has 1 heterocycles. The van der Waals surface area contributed by atoms with Crippen molar-refractivity contribution < 1.29 is 14.3 Å². The minimum absolute atomic E-state index is 0.0637. The van der Waals surface area contributed by atoms with Gasteiger partial charge >= 0.3 is 0 Å². The van der Waals surface area contributed by atoms with Gasteiger partial charge in [-0.05, 0) is 46.2 Å². The molecule has 0 saturated carbocycles. The van der Waals surface area contributed by atoms with Gasteiger partial charge in [0.25, 0.3) is 11.8 Å². The maximum atomic E-state index is 12.8. The van der Waals surface area contributed by atoms with Crippen LogP contribution in [0.5, 0.6) is 11.6 Å². The largest absolute Gasteiger partial charge is 0.497 e. The highest BCUT2D eigenvalue weighted by Gasteiger charge is 2.21.